The first-order valence-corrected chi connectivity index (χ1v) is 8.30. The second kappa shape index (κ2) is 8.56. The van der Waals surface area contributed by atoms with Crippen LogP contribution in [0.25, 0.3) is 0 Å². The van der Waals surface area contributed by atoms with Crippen molar-refractivity contribution < 1.29 is 4.74 Å². The van der Waals surface area contributed by atoms with Gasteiger partial charge in [0.2, 0.25) is 5.95 Å². The summed E-state index contributed by atoms with van der Waals surface area (Å²) in [7, 11) is 1.97. The molecule has 0 atom stereocenters. The summed E-state index contributed by atoms with van der Waals surface area (Å²) in [5.41, 5.74) is 1.22. The van der Waals surface area contributed by atoms with Crippen LogP contribution < -0.4 is 10.2 Å². The van der Waals surface area contributed by atoms with E-state index in [4.69, 9.17) is 4.74 Å². The zero-order valence-electron chi connectivity index (χ0n) is 14.1. The highest BCUT2D eigenvalue weighted by Crippen LogP contribution is 2.11. The molecule has 2 aromatic rings. The van der Waals surface area contributed by atoms with Crippen molar-refractivity contribution >= 4 is 11.8 Å². The maximum atomic E-state index is 5.36. The van der Waals surface area contributed by atoms with Crippen LogP contribution in [0.5, 0.6) is 0 Å². The van der Waals surface area contributed by atoms with Crippen molar-refractivity contribution in [2.45, 2.75) is 6.54 Å². The molecular weight excluding hydrogens is 304 g/mol. The van der Waals surface area contributed by atoms with Crippen molar-refractivity contribution in [3.8, 4) is 0 Å². The van der Waals surface area contributed by atoms with E-state index in [9.17, 15) is 0 Å². The number of nitrogens with zero attached hydrogens (tertiary/aromatic N) is 5. The van der Waals surface area contributed by atoms with Crippen LogP contribution in [-0.2, 0) is 11.3 Å². The highest BCUT2D eigenvalue weighted by molar-refractivity contribution is 5.39. The van der Waals surface area contributed by atoms with E-state index in [0.717, 1.165) is 51.8 Å². The smallest absolute Gasteiger partial charge is 0.247 e. The Hall–Kier alpha value is -2.25. The molecule has 7 nitrogen and oxygen atoms in total. The number of aromatic nitrogens is 3. The molecule has 0 spiro atoms. The normalized spacial score (nSPS) is 15.2. The average molecular weight is 328 g/mol. The van der Waals surface area contributed by atoms with Gasteiger partial charge in [-0.3, -0.25) is 4.90 Å². The van der Waals surface area contributed by atoms with Crippen molar-refractivity contribution in [2.24, 2.45) is 0 Å². The predicted molar refractivity (Wildman–Crippen MR) is 94.1 cm³/mol. The zero-order valence-corrected chi connectivity index (χ0v) is 14.1. The van der Waals surface area contributed by atoms with Gasteiger partial charge >= 0.3 is 0 Å². The minimum Gasteiger partial charge on any atom is -0.379 e. The molecule has 2 heterocycles. The summed E-state index contributed by atoms with van der Waals surface area (Å²) in [5, 5.41) is 11.5. The number of anilines is 2. The third-order valence-corrected chi connectivity index (χ3v) is 3.99. The lowest BCUT2D eigenvalue weighted by Gasteiger charge is -2.26. The molecule has 1 N–H and O–H groups in total. The van der Waals surface area contributed by atoms with Gasteiger partial charge in [-0.2, -0.15) is 10.1 Å². The van der Waals surface area contributed by atoms with E-state index >= 15 is 0 Å². The number of nitrogens with one attached hydrogen (secondary N) is 1. The minimum atomic E-state index is 0.621. The number of morpholine rings is 1. The standard InChI is InChI=1S/C17H24N6O/c1-22(14-15-5-3-2-4-6-15)17-20-16(13-19-21-17)18-7-8-23-9-11-24-12-10-23/h2-6,13H,7-12,14H2,1H3,(H,18,20,21). The predicted octanol–water partition coefficient (Wildman–Crippen LogP) is 1.25. The highest BCUT2D eigenvalue weighted by atomic mass is 16.5. The second-order valence-corrected chi connectivity index (χ2v) is 5.86. The maximum Gasteiger partial charge on any atom is 0.247 e. The molecule has 1 fully saturated rings. The lowest BCUT2D eigenvalue weighted by atomic mass is 10.2. The Balaban J connectivity index is 1.51. The van der Waals surface area contributed by atoms with Crippen molar-refractivity contribution in [3.05, 3.63) is 42.1 Å². The van der Waals surface area contributed by atoms with E-state index in [1.807, 2.05) is 30.1 Å². The number of hydrogen-bond donors (Lipinski definition) is 1. The van der Waals surface area contributed by atoms with Crippen LogP contribution in [0.3, 0.4) is 0 Å². The lowest BCUT2D eigenvalue weighted by molar-refractivity contribution is 0.0398. The quantitative estimate of drug-likeness (QED) is 0.820. The van der Waals surface area contributed by atoms with Gasteiger partial charge < -0.3 is 15.0 Å². The van der Waals surface area contributed by atoms with E-state index < -0.39 is 0 Å². The third kappa shape index (κ3) is 4.87. The first-order valence-electron chi connectivity index (χ1n) is 8.30. The lowest BCUT2D eigenvalue weighted by Crippen LogP contribution is -2.39. The van der Waals surface area contributed by atoms with Crippen LogP contribution in [0.4, 0.5) is 11.8 Å². The topological polar surface area (TPSA) is 66.4 Å². The van der Waals surface area contributed by atoms with E-state index in [-0.39, 0.29) is 0 Å². The van der Waals surface area contributed by atoms with Gasteiger partial charge in [0, 0.05) is 39.8 Å². The van der Waals surface area contributed by atoms with Crippen LogP contribution in [0.2, 0.25) is 0 Å². The van der Waals surface area contributed by atoms with Gasteiger partial charge in [0.15, 0.2) is 5.82 Å². The second-order valence-electron chi connectivity index (χ2n) is 5.86. The molecule has 1 aromatic heterocycles. The van der Waals surface area contributed by atoms with E-state index in [0.29, 0.717) is 5.95 Å². The molecule has 0 unspecified atom stereocenters. The Labute approximate surface area is 142 Å². The first-order chi connectivity index (χ1) is 11.8. The van der Waals surface area contributed by atoms with E-state index in [1.54, 1.807) is 6.20 Å². The Morgan fingerprint density at radius 3 is 2.79 bits per heavy atom. The fourth-order valence-electron chi connectivity index (χ4n) is 2.64. The number of rotatable bonds is 7. The number of benzene rings is 1. The van der Waals surface area contributed by atoms with Crippen LogP contribution >= 0.6 is 0 Å². The molecule has 0 bridgehead atoms. The van der Waals surface area contributed by atoms with Crippen molar-refractivity contribution in [2.75, 3.05) is 56.7 Å². The number of hydrogen-bond acceptors (Lipinski definition) is 7. The zero-order chi connectivity index (χ0) is 16.6. The summed E-state index contributed by atoms with van der Waals surface area (Å²) < 4.78 is 5.36. The van der Waals surface area contributed by atoms with Gasteiger partial charge in [-0.1, -0.05) is 30.3 Å². The summed E-state index contributed by atoms with van der Waals surface area (Å²) in [6, 6.07) is 10.3. The molecule has 0 aliphatic carbocycles. The van der Waals surface area contributed by atoms with Crippen molar-refractivity contribution in [1.82, 2.24) is 20.1 Å². The molecule has 1 saturated heterocycles. The molecule has 1 aliphatic rings. The van der Waals surface area contributed by atoms with Crippen LogP contribution in [0.1, 0.15) is 5.56 Å². The molecule has 128 valence electrons. The summed E-state index contributed by atoms with van der Waals surface area (Å²) >= 11 is 0. The molecule has 3 rings (SSSR count). The summed E-state index contributed by atoms with van der Waals surface area (Å²) in [6.07, 6.45) is 1.67. The largest absolute Gasteiger partial charge is 0.379 e. The Kier molecular flexibility index (Phi) is 5.92. The average Bonchev–Trinajstić information content (AvgIpc) is 2.64. The summed E-state index contributed by atoms with van der Waals surface area (Å²) in [6.45, 7) is 6.19. The summed E-state index contributed by atoms with van der Waals surface area (Å²) in [4.78, 5) is 8.93. The fourth-order valence-corrected chi connectivity index (χ4v) is 2.64. The maximum absolute atomic E-state index is 5.36. The SMILES string of the molecule is CN(Cc1ccccc1)c1nncc(NCCN2CCOCC2)n1. The van der Waals surface area contributed by atoms with E-state index in [2.05, 4.69) is 37.5 Å². The van der Waals surface area contributed by atoms with Gasteiger partial charge in [0.05, 0.1) is 19.4 Å². The minimum absolute atomic E-state index is 0.621. The van der Waals surface area contributed by atoms with Crippen molar-refractivity contribution in [1.29, 1.82) is 0 Å². The fraction of sp³-hybridized carbons (Fsp3) is 0.471. The third-order valence-electron chi connectivity index (χ3n) is 3.99. The van der Waals surface area contributed by atoms with Crippen LogP contribution in [0, 0.1) is 0 Å². The summed E-state index contributed by atoms with van der Waals surface area (Å²) in [5.74, 6) is 1.38. The van der Waals surface area contributed by atoms with Crippen LogP contribution in [-0.4, -0.2) is 66.5 Å². The molecule has 24 heavy (non-hydrogen) atoms. The Bertz CT molecular complexity index is 617. The molecule has 0 radical (unpaired) electrons. The highest BCUT2D eigenvalue weighted by Gasteiger charge is 2.10. The molecule has 7 heteroatoms. The molecule has 1 aromatic carbocycles. The van der Waals surface area contributed by atoms with Gasteiger partial charge in [-0.05, 0) is 5.56 Å². The Morgan fingerprint density at radius 2 is 2.00 bits per heavy atom. The molecular formula is C17H24N6O. The van der Waals surface area contributed by atoms with Crippen LogP contribution in [0.15, 0.2) is 36.5 Å². The van der Waals surface area contributed by atoms with Gasteiger partial charge in [0.1, 0.15) is 0 Å². The first kappa shape index (κ1) is 16.6. The number of ether oxygens (including phenoxy) is 1. The van der Waals surface area contributed by atoms with Gasteiger partial charge in [-0.15, -0.1) is 5.10 Å². The Morgan fingerprint density at radius 1 is 1.21 bits per heavy atom. The molecule has 0 saturated carbocycles. The molecule has 0 amide bonds. The van der Waals surface area contributed by atoms with Gasteiger partial charge in [0.25, 0.3) is 0 Å². The van der Waals surface area contributed by atoms with E-state index in [1.165, 1.54) is 5.56 Å². The van der Waals surface area contributed by atoms with Gasteiger partial charge in [-0.25, -0.2) is 0 Å². The molecule has 1 aliphatic heterocycles. The van der Waals surface area contributed by atoms with Crippen molar-refractivity contribution in [3.63, 3.8) is 0 Å². The monoisotopic (exact) mass is 328 g/mol.